The zero-order chi connectivity index (χ0) is 14.0. The first-order chi connectivity index (χ1) is 8.12. The van der Waals surface area contributed by atoms with E-state index in [1.165, 1.54) is 0 Å². The fourth-order valence-electron chi connectivity index (χ4n) is 0.944. The zero-order valence-corrected chi connectivity index (χ0v) is 8.62. The van der Waals surface area contributed by atoms with Gasteiger partial charge in [0.15, 0.2) is 12.4 Å². The number of carboxylic acid groups (broad SMARTS) is 1. The summed E-state index contributed by atoms with van der Waals surface area (Å²) < 4.78 is 65.7. The number of hydrogen-bond donors (Lipinski definition) is 1. The van der Waals surface area contributed by atoms with Crippen molar-refractivity contribution in [3.63, 3.8) is 0 Å². The van der Waals surface area contributed by atoms with Crippen LogP contribution in [0.4, 0.5) is 22.0 Å². The number of halogens is 5. The van der Waals surface area contributed by atoms with Gasteiger partial charge in [-0.1, -0.05) is 0 Å². The highest BCUT2D eigenvalue weighted by Crippen LogP contribution is 2.36. The van der Waals surface area contributed by atoms with Crippen LogP contribution in [0.25, 0.3) is 0 Å². The molecular formula is C8H7F5N2O3. The molecule has 0 unspecified atom stereocenters. The quantitative estimate of drug-likeness (QED) is 0.827. The molecule has 10 heteroatoms. The zero-order valence-electron chi connectivity index (χ0n) is 8.62. The second-order valence-corrected chi connectivity index (χ2v) is 3.26. The van der Waals surface area contributed by atoms with Crippen LogP contribution < -0.4 is 4.74 Å². The number of alkyl halides is 5. The topological polar surface area (TPSA) is 64.3 Å². The molecule has 0 radical (unpaired) electrons. The van der Waals surface area contributed by atoms with Crippen molar-refractivity contribution >= 4 is 5.97 Å². The van der Waals surface area contributed by atoms with Crippen molar-refractivity contribution in [1.82, 2.24) is 9.78 Å². The number of carbonyl (C=O) groups is 1. The second kappa shape index (κ2) is 4.78. The molecule has 1 rings (SSSR count). The smallest absolute Gasteiger partial charge is 0.455 e. The Hall–Kier alpha value is -1.87. The molecular weight excluding hydrogens is 267 g/mol. The SMILES string of the molecule is O=C(O)COc1cnn(CC(F)(F)C(F)(F)F)c1. The van der Waals surface area contributed by atoms with Crippen molar-refractivity contribution in [2.75, 3.05) is 6.61 Å². The number of aromatic nitrogens is 2. The van der Waals surface area contributed by atoms with Gasteiger partial charge < -0.3 is 9.84 Å². The molecule has 5 nitrogen and oxygen atoms in total. The summed E-state index contributed by atoms with van der Waals surface area (Å²) in [5, 5.41) is 11.5. The van der Waals surface area contributed by atoms with Gasteiger partial charge >= 0.3 is 18.1 Å². The van der Waals surface area contributed by atoms with E-state index in [0.717, 1.165) is 12.4 Å². The van der Waals surface area contributed by atoms with Crippen molar-refractivity contribution in [2.24, 2.45) is 0 Å². The molecule has 1 aromatic heterocycles. The van der Waals surface area contributed by atoms with Crippen LogP contribution in [0.3, 0.4) is 0 Å². The standard InChI is InChI=1S/C8H7F5N2O3/c9-7(10,8(11,12)13)4-15-2-5(1-14-15)18-3-6(16)17/h1-2H,3-4H2,(H,16,17). The van der Waals surface area contributed by atoms with E-state index in [2.05, 4.69) is 9.84 Å². The molecule has 0 atom stereocenters. The average Bonchev–Trinajstić information content (AvgIpc) is 2.60. The van der Waals surface area contributed by atoms with E-state index < -0.39 is 31.2 Å². The van der Waals surface area contributed by atoms with Gasteiger partial charge in [0.1, 0.15) is 6.54 Å². The van der Waals surface area contributed by atoms with Gasteiger partial charge in [-0.15, -0.1) is 0 Å². The monoisotopic (exact) mass is 274 g/mol. The molecule has 0 saturated heterocycles. The van der Waals surface area contributed by atoms with Gasteiger partial charge in [0.2, 0.25) is 0 Å². The van der Waals surface area contributed by atoms with Gasteiger partial charge in [-0.25, -0.2) is 4.79 Å². The van der Waals surface area contributed by atoms with Crippen LogP contribution in [0.15, 0.2) is 12.4 Å². The third-order valence-corrected chi connectivity index (χ3v) is 1.75. The highest BCUT2D eigenvalue weighted by atomic mass is 19.4. The number of rotatable bonds is 5. The summed E-state index contributed by atoms with van der Waals surface area (Å²) in [6.07, 6.45) is -4.08. The van der Waals surface area contributed by atoms with Crippen LogP contribution in [0.5, 0.6) is 5.75 Å². The molecule has 1 heterocycles. The molecule has 0 aliphatic rings. The number of aliphatic carboxylic acids is 1. The number of hydrogen-bond acceptors (Lipinski definition) is 3. The lowest BCUT2D eigenvalue weighted by atomic mass is 10.3. The molecule has 1 N–H and O–H groups in total. The largest absolute Gasteiger partial charge is 0.479 e. The molecule has 0 bridgehead atoms. The van der Waals surface area contributed by atoms with Crippen molar-refractivity contribution < 1.29 is 36.6 Å². The fourth-order valence-corrected chi connectivity index (χ4v) is 0.944. The Balaban J connectivity index is 2.67. The van der Waals surface area contributed by atoms with Crippen molar-refractivity contribution in [3.05, 3.63) is 12.4 Å². The van der Waals surface area contributed by atoms with E-state index >= 15 is 0 Å². The molecule has 0 aliphatic carbocycles. The van der Waals surface area contributed by atoms with Crippen LogP contribution >= 0.6 is 0 Å². The van der Waals surface area contributed by atoms with Gasteiger partial charge in [-0.3, -0.25) is 4.68 Å². The van der Waals surface area contributed by atoms with E-state index in [1.807, 2.05) is 0 Å². The average molecular weight is 274 g/mol. The molecule has 0 spiro atoms. The van der Waals surface area contributed by atoms with Gasteiger partial charge in [0.05, 0.1) is 12.4 Å². The molecule has 0 fully saturated rings. The predicted octanol–water partition coefficient (Wildman–Crippen LogP) is 1.54. The first-order valence-corrected chi connectivity index (χ1v) is 4.43. The first-order valence-electron chi connectivity index (χ1n) is 4.43. The lowest BCUT2D eigenvalue weighted by Gasteiger charge is -2.19. The lowest BCUT2D eigenvalue weighted by molar-refractivity contribution is -0.287. The number of carboxylic acids is 1. The first kappa shape index (κ1) is 14.2. The van der Waals surface area contributed by atoms with E-state index in [4.69, 9.17) is 5.11 Å². The molecule has 0 amide bonds. The summed E-state index contributed by atoms with van der Waals surface area (Å²) in [7, 11) is 0. The Kier molecular flexibility index (Phi) is 3.77. The summed E-state index contributed by atoms with van der Waals surface area (Å²) in [5.74, 6) is -6.46. The molecule has 102 valence electrons. The van der Waals surface area contributed by atoms with Gasteiger partial charge in [-0.05, 0) is 0 Å². The lowest BCUT2D eigenvalue weighted by Crippen LogP contribution is -2.40. The van der Waals surface area contributed by atoms with Crippen molar-refractivity contribution in [3.8, 4) is 5.75 Å². The summed E-state index contributed by atoms with van der Waals surface area (Å²) in [4.78, 5) is 10.1. The summed E-state index contributed by atoms with van der Waals surface area (Å²) >= 11 is 0. The minimum atomic E-state index is -5.68. The van der Waals surface area contributed by atoms with E-state index in [0.29, 0.717) is 4.68 Å². The minimum Gasteiger partial charge on any atom is -0.479 e. The van der Waals surface area contributed by atoms with E-state index in [1.54, 1.807) is 0 Å². The Labute approximate surface area is 96.8 Å². The van der Waals surface area contributed by atoms with E-state index in [-0.39, 0.29) is 5.75 Å². The van der Waals surface area contributed by atoms with Crippen LogP contribution in [0.2, 0.25) is 0 Å². The van der Waals surface area contributed by atoms with Crippen molar-refractivity contribution in [2.45, 2.75) is 18.6 Å². The fraction of sp³-hybridized carbons (Fsp3) is 0.500. The molecule has 0 saturated carbocycles. The molecule has 0 aromatic carbocycles. The number of ether oxygens (including phenoxy) is 1. The summed E-state index contributed by atoms with van der Waals surface area (Å²) in [6, 6.07) is 0. The Bertz CT molecular complexity index is 429. The third kappa shape index (κ3) is 3.57. The predicted molar refractivity (Wildman–Crippen MR) is 46.4 cm³/mol. The van der Waals surface area contributed by atoms with Gasteiger partial charge in [0.25, 0.3) is 0 Å². The molecule has 0 aliphatic heterocycles. The van der Waals surface area contributed by atoms with Crippen LogP contribution in [-0.4, -0.2) is 39.6 Å². The van der Waals surface area contributed by atoms with E-state index in [9.17, 15) is 26.7 Å². The minimum absolute atomic E-state index is 0.213. The highest BCUT2D eigenvalue weighted by Gasteiger charge is 2.57. The summed E-state index contributed by atoms with van der Waals surface area (Å²) in [5.41, 5.74) is 0. The second-order valence-electron chi connectivity index (χ2n) is 3.26. The summed E-state index contributed by atoms with van der Waals surface area (Å²) in [6.45, 7) is -2.45. The maximum Gasteiger partial charge on any atom is 0.455 e. The Morgan fingerprint density at radius 1 is 1.39 bits per heavy atom. The number of nitrogens with zero attached hydrogens (tertiary/aromatic N) is 2. The van der Waals surface area contributed by atoms with Gasteiger partial charge in [-0.2, -0.15) is 27.1 Å². The Morgan fingerprint density at radius 3 is 2.50 bits per heavy atom. The van der Waals surface area contributed by atoms with Crippen LogP contribution in [0, 0.1) is 0 Å². The van der Waals surface area contributed by atoms with Crippen LogP contribution in [-0.2, 0) is 11.3 Å². The molecule has 1 aromatic rings. The highest BCUT2D eigenvalue weighted by molar-refractivity contribution is 5.68. The normalized spacial score (nSPS) is 12.5. The maximum atomic E-state index is 12.6. The third-order valence-electron chi connectivity index (χ3n) is 1.75. The molecule has 18 heavy (non-hydrogen) atoms. The van der Waals surface area contributed by atoms with Crippen LogP contribution in [0.1, 0.15) is 0 Å². The Morgan fingerprint density at radius 2 is 2.00 bits per heavy atom. The van der Waals surface area contributed by atoms with Gasteiger partial charge in [0, 0.05) is 0 Å². The van der Waals surface area contributed by atoms with Crippen molar-refractivity contribution in [1.29, 1.82) is 0 Å². The maximum absolute atomic E-state index is 12.6.